The number of nitrogens with one attached hydrogen (secondary N) is 1. The Morgan fingerprint density at radius 2 is 1.80 bits per heavy atom. The molecule has 2 aromatic heterocycles. The maximum Gasteiger partial charge on any atom is 0.343 e. The lowest BCUT2D eigenvalue weighted by Gasteiger charge is -2.24. The van der Waals surface area contributed by atoms with Crippen LogP contribution in [0, 0.1) is 10.1 Å². The lowest BCUT2D eigenvalue weighted by molar-refractivity contribution is -0.384. The molecule has 1 aliphatic carbocycles. The fourth-order valence-corrected chi connectivity index (χ4v) is 4.75. The zero-order valence-corrected chi connectivity index (χ0v) is 20.4. The van der Waals surface area contributed by atoms with E-state index in [0.29, 0.717) is 23.0 Å². The summed E-state index contributed by atoms with van der Waals surface area (Å²) in [6.07, 6.45) is 7.80. The van der Waals surface area contributed by atoms with Crippen LogP contribution in [-0.2, 0) is 0 Å². The minimum atomic E-state index is -0.597. The molecule has 1 aliphatic rings. The first-order chi connectivity index (χ1) is 17.0. The predicted molar refractivity (Wildman–Crippen MR) is 137 cm³/mol. The molecule has 1 fully saturated rings. The number of hydrogen-bond acceptors (Lipinski definition) is 6. The van der Waals surface area contributed by atoms with Crippen molar-refractivity contribution in [1.29, 1.82) is 0 Å². The Morgan fingerprint density at radius 3 is 2.54 bits per heavy atom. The molecule has 1 N–H and O–H groups in total. The van der Waals surface area contributed by atoms with Crippen molar-refractivity contribution < 1.29 is 14.5 Å². The number of anilines is 1. The van der Waals surface area contributed by atoms with Gasteiger partial charge in [-0.3, -0.25) is 14.5 Å². The van der Waals surface area contributed by atoms with Crippen LogP contribution in [0.4, 0.5) is 11.5 Å². The smallest absolute Gasteiger partial charge is 0.343 e. The van der Waals surface area contributed by atoms with Gasteiger partial charge in [0.2, 0.25) is 0 Å². The Labute approximate surface area is 210 Å². The van der Waals surface area contributed by atoms with E-state index < -0.39 is 10.9 Å². The summed E-state index contributed by atoms with van der Waals surface area (Å²) in [7, 11) is 0. The number of ether oxygens (including phenoxy) is 1. The van der Waals surface area contributed by atoms with Crippen LogP contribution in [0.1, 0.15) is 42.5 Å². The molecular weight excluding hydrogens is 512 g/mol. The molecule has 35 heavy (non-hydrogen) atoms. The van der Waals surface area contributed by atoms with E-state index in [9.17, 15) is 14.9 Å². The van der Waals surface area contributed by atoms with Crippen molar-refractivity contribution in [2.45, 2.75) is 38.1 Å². The summed E-state index contributed by atoms with van der Waals surface area (Å²) in [5.41, 5.74) is 2.29. The Morgan fingerprint density at radius 1 is 1.06 bits per heavy atom. The number of fused-ring (bicyclic) bond motifs is 1. The number of non-ortho nitro benzene ring substituents is 1. The van der Waals surface area contributed by atoms with Gasteiger partial charge in [0.05, 0.1) is 10.5 Å². The number of carbonyl (C=O) groups is 1. The molecule has 0 atom stereocenters. The summed E-state index contributed by atoms with van der Waals surface area (Å²) in [5, 5.41) is 14.6. The number of para-hydroxylation sites is 1. The van der Waals surface area contributed by atoms with E-state index in [-0.39, 0.29) is 11.3 Å². The third-order valence-electron chi connectivity index (χ3n) is 6.19. The number of pyridine rings is 1. The summed E-state index contributed by atoms with van der Waals surface area (Å²) in [5.74, 6) is 0.623. The van der Waals surface area contributed by atoms with Crippen molar-refractivity contribution in [1.82, 2.24) is 9.38 Å². The van der Waals surface area contributed by atoms with Crippen LogP contribution in [0.25, 0.3) is 16.9 Å². The Kier molecular flexibility index (Phi) is 6.50. The average Bonchev–Trinajstić information content (AvgIpc) is 3.22. The van der Waals surface area contributed by atoms with Gasteiger partial charge in [0, 0.05) is 34.4 Å². The van der Waals surface area contributed by atoms with E-state index in [1.165, 1.54) is 43.5 Å². The molecule has 5 rings (SSSR count). The van der Waals surface area contributed by atoms with Gasteiger partial charge in [-0.2, -0.15) is 0 Å². The molecule has 8 nitrogen and oxygen atoms in total. The van der Waals surface area contributed by atoms with E-state index in [0.717, 1.165) is 28.8 Å². The standard InChI is InChI=1S/C26H23BrN4O4/c27-18-12-15-23-29-24(25(30(23)16-18)28-19-6-2-1-3-7-19)21-8-4-5-9-22(21)35-26(32)17-10-13-20(14-11-17)31(33)34/h4-5,8-16,19,28H,1-3,6-7H2. The third-order valence-corrected chi connectivity index (χ3v) is 6.66. The fourth-order valence-electron chi connectivity index (χ4n) is 4.41. The number of hydrogen-bond donors (Lipinski definition) is 1. The molecule has 0 spiro atoms. The number of benzene rings is 2. The Balaban J connectivity index is 1.52. The summed E-state index contributed by atoms with van der Waals surface area (Å²) in [6, 6.07) is 16.8. The van der Waals surface area contributed by atoms with Gasteiger partial charge < -0.3 is 10.1 Å². The van der Waals surface area contributed by atoms with Crippen molar-refractivity contribution in [2.24, 2.45) is 0 Å². The third kappa shape index (κ3) is 4.90. The number of nitrogens with zero attached hydrogens (tertiary/aromatic N) is 3. The second kappa shape index (κ2) is 9.87. The van der Waals surface area contributed by atoms with E-state index in [1.54, 1.807) is 12.1 Å². The molecule has 0 bridgehead atoms. The van der Waals surface area contributed by atoms with Crippen molar-refractivity contribution in [3.63, 3.8) is 0 Å². The number of imidazole rings is 1. The maximum atomic E-state index is 12.9. The van der Waals surface area contributed by atoms with E-state index in [4.69, 9.17) is 9.72 Å². The van der Waals surface area contributed by atoms with Gasteiger partial charge in [-0.1, -0.05) is 31.4 Å². The molecule has 0 amide bonds. The summed E-state index contributed by atoms with van der Waals surface area (Å²) in [4.78, 5) is 28.1. The van der Waals surface area contributed by atoms with E-state index in [2.05, 4.69) is 21.2 Å². The first-order valence-corrected chi connectivity index (χ1v) is 12.3. The van der Waals surface area contributed by atoms with Crippen LogP contribution in [-0.4, -0.2) is 26.3 Å². The fraction of sp³-hybridized carbons (Fsp3) is 0.231. The zero-order chi connectivity index (χ0) is 24.4. The molecule has 0 unspecified atom stereocenters. The zero-order valence-electron chi connectivity index (χ0n) is 18.8. The van der Waals surface area contributed by atoms with Crippen molar-refractivity contribution in [3.05, 3.63) is 87.0 Å². The van der Waals surface area contributed by atoms with Crippen molar-refractivity contribution in [3.8, 4) is 17.0 Å². The molecule has 0 aliphatic heterocycles. The van der Waals surface area contributed by atoms with Crippen LogP contribution in [0.15, 0.2) is 71.3 Å². The summed E-state index contributed by atoms with van der Waals surface area (Å²) >= 11 is 3.56. The summed E-state index contributed by atoms with van der Waals surface area (Å²) in [6.45, 7) is 0. The molecule has 1 saturated carbocycles. The monoisotopic (exact) mass is 534 g/mol. The quantitative estimate of drug-likeness (QED) is 0.129. The molecular formula is C26H23BrN4O4. The van der Waals surface area contributed by atoms with Gasteiger partial charge in [-0.15, -0.1) is 0 Å². The highest BCUT2D eigenvalue weighted by Gasteiger charge is 2.23. The largest absolute Gasteiger partial charge is 0.422 e. The van der Waals surface area contributed by atoms with Gasteiger partial charge in [0.1, 0.15) is 22.9 Å². The van der Waals surface area contributed by atoms with Crippen LogP contribution >= 0.6 is 15.9 Å². The van der Waals surface area contributed by atoms with E-state index >= 15 is 0 Å². The molecule has 178 valence electrons. The maximum absolute atomic E-state index is 12.9. The minimum Gasteiger partial charge on any atom is -0.422 e. The molecule has 0 saturated heterocycles. The molecule has 2 aromatic carbocycles. The van der Waals surface area contributed by atoms with Gasteiger partial charge in [-0.25, -0.2) is 9.78 Å². The van der Waals surface area contributed by atoms with Crippen LogP contribution in [0.5, 0.6) is 5.75 Å². The Hall–Kier alpha value is -3.72. The second-order valence-electron chi connectivity index (χ2n) is 8.55. The number of halogens is 1. The van der Waals surface area contributed by atoms with Gasteiger partial charge >= 0.3 is 5.97 Å². The molecule has 4 aromatic rings. The van der Waals surface area contributed by atoms with Crippen LogP contribution in [0.2, 0.25) is 0 Å². The number of rotatable bonds is 6. The number of nitro groups is 1. The number of carbonyl (C=O) groups excluding carboxylic acids is 1. The topological polar surface area (TPSA) is 98.8 Å². The SMILES string of the molecule is O=C(Oc1ccccc1-c1nc2ccc(Br)cn2c1NC1CCCCC1)c1ccc([N+](=O)[O-])cc1. The molecule has 9 heteroatoms. The highest BCUT2D eigenvalue weighted by molar-refractivity contribution is 9.10. The predicted octanol–water partition coefficient (Wildman–Crippen LogP) is 6.64. The first-order valence-electron chi connectivity index (χ1n) is 11.5. The molecule has 0 radical (unpaired) electrons. The van der Waals surface area contributed by atoms with Gasteiger partial charge in [0.25, 0.3) is 5.69 Å². The average molecular weight is 535 g/mol. The number of esters is 1. The Bertz CT molecular complexity index is 1390. The highest BCUT2D eigenvalue weighted by Crippen LogP contribution is 2.37. The van der Waals surface area contributed by atoms with Crippen LogP contribution in [0.3, 0.4) is 0 Å². The van der Waals surface area contributed by atoms with Gasteiger partial charge in [-0.05, 0) is 65.2 Å². The van der Waals surface area contributed by atoms with Crippen molar-refractivity contribution >= 4 is 39.1 Å². The lowest BCUT2D eigenvalue weighted by Crippen LogP contribution is -2.23. The minimum absolute atomic E-state index is 0.0868. The highest BCUT2D eigenvalue weighted by atomic mass is 79.9. The van der Waals surface area contributed by atoms with Gasteiger partial charge in [0.15, 0.2) is 0 Å². The van der Waals surface area contributed by atoms with Crippen molar-refractivity contribution in [2.75, 3.05) is 5.32 Å². The normalized spacial score (nSPS) is 14.1. The summed E-state index contributed by atoms with van der Waals surface area (Å²) < 4.78 is 8.70. The number of nitro benzene ring substituents is 1. The van der Waals surface area contributed by atoms with E-state index in [1.807, 2.05) is 34.9 Å². The first kappa shape index (κ1) is 23.0. The van der Waals surface area contributed by atoms with Crippen LogP contribution < -0.4 is 10.1 Å². The molecule has 2 heterocycles. The second-order valence-corrected chi connectivity index (χ2v) is 9.47. The number of aromatic nitrogens is 2. The lowest BCUT2D eigenvalue weighted by atomic mass is 9.95.